The van der Waals surface area contributed by atoms with Crippen LogP contribution >= 0.6 is 0 Å². The van der Waals surface area contributed by atoms with Gasteiger partial charge in [-0.3, -0.25) is 4.79 Å². The molecule has 0 unspecified atom stereocenters. The third-order valence-electron chi connectivity index (χ3n) is 4.81. The maximum absolute atomic E-state index is 12.1. The molecule has 0 spiro atoms. The van der Waals surface area contributed by atoms with Crippen LogP contribution in [0.2, 0.25) is 0 Å². The van der Waals surface area contributed by atoms with Crippen molar-refractivity contribution in [1.29, 1.82) is 0 Å². The van der Waals surface area contributed by atoms with E-state index in [0.717, 1.165) is 11.3 Å². The molecule has 146 valence electrons. The normalized spacial score (nSPS) is 18.6. The molecule has 0 radical (unpaired) electrons. The van der Waals surface area contributed by atoms with Crippen LogP contribution < -0.4 is 4.74 Å². The molecule has 0 aliphatic carbocycles. The molecule has 3 heterocycles. The van der Waals surface area contributed by atoms with Gasteiger partial charge in [0.05, 0.1) is 17.8 Å². The van der Waals surface area contributed by atoms with Gasteiger partial charge in [0.2, 0.25) is 11.5 Å². The highest BCUT2D eigenvalue weighted by Crippen LogP contribution is 2.25. The first-order valence-corrected chi connectivity index (χ1v) is 9.36. The Morgan fingerprint density at radius 2 is 2.14 bits per heavy atom. The molecule has 1 saturated heterocycles. The summed E-state index contributed by atoms with van der Waals surface area (Å²) in [6, 6.07) is 11.2. The molecule has 2 aromatic heterocycles. The zero-order valence-corrected chi connectivity index (χ0v) is 16.2. The van der Waals surface area contributed by atoms with Gasteiger partial charge in [0.25, 0.3) is 5.91 Å². The predicted octanol–water partition coefficient (Wildman–Crippen LogP) is 2.04. The Balaban J connectivity index is 1.69. The van der Waals surface area contributed by atoms with E-state index in [-0.39, 0.29) is 5.91 Å². The van der Waals surface area contributed by atoms with Gasteiger partial charge in [-0.25, -0.2) is 9.97 Å². The van der Waals surface area contributed by atoms with E-state index in [2.05, 4.69) is 26.8 Å². The first-order valence-electron chi connectivity index (χ1n) is 9.36. The van der Waals surface area contributed by atoms with Gasteiger partial charge in [-0.15, -0.1) is 0 Å². The van der Waals surface area contributed by atoms with Crippen LogP contribution in [0.4, 0.5) is 0 Å². The molecule has 0 bridgehead atoms. The number of benzene rings is 1. The molecule has 29 heavy (non-hydrogen) atoms. The topological polar surface area (TPSA) is 88.4 Å². The van der Waals surface area contributed by atoms with Crippen LogP contribution in [0, 0.1) is 11.8 Å². The lowest BCUT2D eigenvalue weighted by Gasteiger charge is -2.13. The Labute approximate surface area is 168 Å². The Morgan fingerprint density at radius 1 is 1.28 bits per heavy atom. The average molecular weight is 388 g/mol. The van der Waals surface area contributed by atoms with Crippen LogP contribution in [-0.4, -0.2) is 56.7 Å². The van der Waals surface area contributed by atoms with E-state index in [1.54, 1.807) is 7.05 Å². The first-order chi connectivity index (χ1) is 14.0. The fourth-order valence-electron chi connectivity index (χ4n) is 3.22. The molecule has 1 amide bonds. The third-order valence-corrected chi connectivity index (χ3v) is 4.81. The summed E-state index contributed by atoms with van der Waals surface area (Å²) in [5.74, 6) is 5.76. The number of likely N-dealkylation sites (N-methyl/N-ethyl adjacent to an activating group) is 1. The smallest absolute Gasteiger partial charge is 0.267 e. The van der Waals surface area contributed by atoms with Crippen molar-refractivity contribution in [3.63, 3.8) is 0 Å². The van der Waals surface area contributed by atoms with Crippen molar-refractivity contribution in [1.82, 2.24) is 19.9 Å². The molecule has 1 aromatic carbocycles. The molecular weight excluding hydrogens is 368 g/mol. The van der Waals surface area contributed by atoms with Crippen molar-refractivity contribution in [3.05, 3.63) is 48.3 Å². The van der Waals surface area contributed by atoms with Crippen LogP contribution in [0.5, 0.6) is 5.88 Å². The number of aromatic nitrogens is 3. The largest absolute Gasteiger partial charge is 0.476 e. The number of amides is 1. The second-order valence-corrected chi connectivity index (χ2v) is 6.84. The SMILES string of the molecule is CCOc1ncnc2ccc(-c3cccc(C#C[C@@]4(O)CCN(C)C4=O)c3)nc12. The third kappa shape index (κ3) is 3.62. The van der Waals surface area contributed by atoms with Crippen molar-refractivity contribution in [3.8, 4) is 29.0 Å². The summed E-state index contributed by atoms with van der Waals surface area (Å²) >= 11 is 0. The highest BCUT2D eigenvalue weighted by Gasteiger charge is 2.42. The summed E-state index contributed by atoms with van der Waals surface area (Å²) in [6.07, 6.45) is 1.76. The lowest BCUT2D eigenvalue weighted by atomic mass is 10.0. The van der Waals surface area contributed by atoms with Crippen LogP contribution in [0.1, 0.15) is 18.9 Å². The molecule has 4 rings (SSSR count). The molecule has 1 fully saturated rings. The Hall–Kier alpha value is -3.50. The summed E-state index contributed by atoms with van der Waals surface area (Å²) in [5.41, 5.74) is 1.95. The second-order valence-electron chi connectivity index (χ2n) is 6.84. The minimum Gasteiger partial charge on any atom is -0.476 e. The summed E-state index contributed by atoms with van der Waals surface area (Å²) < 4.78 is 5.56. The summed E-state index contributed by atoms with van der Waals surface area (Å²) in [4.78, 5) is 26.6. The van der Waals surface area contributed by atoms with Gasteiger partial charge in [0.15, 0.2) is 5.52 Å². The van der Waals surface area contributed by atoms with E-state index in [9.17, 15) is 9.90 Å². The van der Waals surface area contributed by atoms with Crippen molar-refractivity contribution < 1.29 is 14.6 Å². The molecule has 1 atom stereocenters. The number of carbonyl (C=O) groups excluding carboxylic acids is 1. The van der Waals surface area contributed by atoms with Crippen molar-refractivity contribution in [2.24, 2.45) is 0 Å². The monoisotopic (exact) mass is 388 g/mol. The van der Waals surface area contributed by atoms with Crippen LogP contribution in [0.3, 0.4) is 0 Å². The average Bonchev–Trinajstić information content (AvgIpc) is 3.00. The first kappa shape index (κ1) is 18.8. The number of ether oxygens (including phenoxy) is 1. The highest BCUT2D eigenvalue weighted by molar-refractivity contribution is 5.90. The number of nitrogens with zero attached hydrogens (tertiary/aromatic N) is 4. The number of carbonyl (C=O) groups is 1. The minimum absolute atomic E-state index is 0.307. The lowest BCUT2D eigenvalue weighted by molar-refractivity contribution is -0.137. The van der Waals surface area contributed by atoms with Gasteiger partial charge >= 0.3 is 0 Å². The molecular formula is C22H20N4O3. The quantitative estimate of drug-likeness (QED) is 0.691. The minimum atomic E-state index is -1.62. The van der Waals surface area contributed by atoms with E-state index < -0.39 is 5.60 Å². The number of fused-ring (bicyclic) bond motifs is 1. The molecule has 7 heteroatoms. The van der Waals surface area contributed by atoms with Gasteiger partial charge in [0, 0.05) is 31.1 Å². The number of pyridine rings is 1. The van der Waals surface area contributed by atoms with Gasteiger partial charge in [0.1, 0.15) is 6.33 Å². The maximum atomic E-state index is 12.1. The molecule has 7 nitrogen and oxygen atoms in total. The van der Waals surface area contributed by atoms with Crippen molar-refractivity contribution >= 4 is 16.9 Å². The number of hydrogen-bond acceptors (Lipinski definition) is 6. The van der Waals surface area contributed by atoms with E-state index in [0.29, 0.717) is 42.0 Å². The summed E-state index contributed by atoms with van der Waals surface area (Å²) in [7, 11) is 1.66. The molecule has 3 aromatic rings. The Bertz CT molecular complexity index is 1150. The van der Waals surface area contributed by atoms with Crippen molar-refractivity contribution in [2.45, 2.75) is 18.9 Å². The molecule has 1 N–H and O–H groups in total. The number of aliphatic hydroxyl groups is 1. The van der Waals surface area contributed by atoms with Crippen molar-refractivity contribution in [2.75, 3.05) is 20.2 Å². The van der Waals surface area contributed by atoms with E-state index in [4.69, 9.17) is 4.74 Å². The fraction of sp³-hybridized carbons (Fsp3) is 0.273. The predicted molar refractivity (Wildman–Crippen MR) is 108 cm³/mol. The molecule has 0 saturated carbocycles. The Morgan fingerprint density at radius 3 is 2.90 bits per heavy atom. The zero-order valence-electron chi connectivity index (χ0n) is 16.2. The lowest BCUT2D eigenvalue weighted by Crippen LogP contribution is -2.37. The van der Waals surface area contributed by atoms with Gasteiger partial charge in [-0.1, -0.05) is 24.0 Å². The Kier molecular flexibility index (Phi) is 4.87. The fourth-order valence-corrected chi connectivity index (χ4v) is 3.22. The van der Waals surface area contributed by atoms with Gasteiger partial charge in [-0.05, 0) is 31.2 Å². The number of hydrogen-bond donors (Lipinski definition) is 1. The number of rotatable bonds is 3. The van der Waals surface area contributed by atoms with Crippen LogP contribution in [-0.2, 0) is 4.79 Å². The standard InChI is InChI=1S/C22H20N4O3/c1-3-29-20-19-18(23-14-24-20)8-7-17(25-19)16-6-4-5-15(13-16)9-10-22(28)11-12-26(2)21(22)27/h4-8,13-14,28H,3,11-12H2,1-2H3/t22-/m1/s1. The molecule has 1 aliphatic heterocycles. The zero-order chi connectivity index (χ0) is 20.4. The summed E-state index contributed by atoms with van der Waals surface area (Å²) in [5, 5.41) is 10.5. The highest BCUT2D eigenvalue weighted by atomic mass is 16.5. The number of likely N-dealkylation sites (tertiary alicyclic amines) is 1. The van der Waals surface area contributed by atoms with Crippen LogP contribution in [0.25, 0.3) is 22.3 Å². The van der Waals surface area contributed by atoms with Gasteiger partial charge < -0.3 is 14.7 Å². The van der Waals surface area contributed by atoms with Gasteiger partial charge in [-0.2, -0.15) is 4.98 Å². The molecule has 1 aliphatic rings. The second kappa shape index (κ2) is 7.49. The van der Waals surface area contributed by atoms with Crippen LogP contribution in [0.15, 0.2) is 42.7 Å². The summed E-state index contributed by atoms with van der Waals surface area (Å²) in [6.45, 7) is 2.87. The maximum Gasteiger partial charge on any atom is 0.267 e. The van der Waals surface area contributed by atoms with E-state index in [1.165, 1.54) is 11.2 Å². The van der Waals surface area contributed by atoms with E-state index >= 15 is 0 Å². The van der Waals surface area contributed by atoms with E-state index in [1.807, 2.05) is 43.3 Å².